The van der Waals surface area contributed by atoms with E-state index in [1.165, 1.54) is 0 Å². The predicted octanol–water partition coefficient (Wildman–Crippen LogP) is 2.26. The van der Waals surface area contributed by atoms with Crippen molar-refractivity contribution in [1.82, 2.24) is 5.32 Å². The minimum Gasteiger partial charge on any atom is -0.491 e. The molecule has 3 heteroatoms. The SMILES string of the molecule is CNC(C)C(=O)c1cccc(OC(C)C)c1. The van der Waals surface area contributed by atoms with E-state index >= 15 is 0 Å². The summed E-state index contributed by atoms with van der Waals surface area (Å²) in [6.07, 6.45) is 0.118. The number of ketones is 1. The van der Waals surface area contributed by atoms with Crippen LogP contribution in [0.3, 0.4) is 0 Å². The third-order valence-electron chi connectivity index (χ3n) is 2.32. The highest BCUT2D eigenvalue weighted by Crippen LogP contribution is 2.16. The highest BCUT2D eigenvalue weighted by Gasteiger charge is 2.13. The van der Waals surface area contributed by atoms with Crippen molar-refractivity contribution in [3.05, 3.63) is 29.8 Å². The topological polar surface area (TPSA) is 38.3 Å². The summed E-state index contributed by atoms with van der Waals surface area (Å²) in [5.74, 6) is 0.820. The molecule has 1 N–H and O–H groups in total. The number of carbonyl (C=O) groups is 1. The molecule has 0 aliphatic heterocycles. The molecule has 0 saturated carbocycles. The van der Waals surface area contributed by atoms with Crippen molar-refractivity contribution in [3.63, 3.8) is 0 Å². The van der Waals surface area contributed by atoms with Gasteiger partial charge in [0, 0.05) is 5.56 Å². The number of benzene rings is 1. The van der Waals surface area contributed by atoms with Crippen LogP contribution in [0.5, 0.6) is 5.75 Å². The molecule has 16 heavy (non-hydrogen) atoms. The van der Waals surface area contributed by atoms with Gasteiger partial charge >= 0.3 is 0 Å². The zero-order valence-corrected chi connectivity index (χ0v) is 10.3. The van der Waals surface area contributed by atoms with Gasteiger partial charge in [0.2, 0.25) is 0 Å². The van der Waals surface area contributed by atoms with Crippen LogP contribution in [0.4, 0.5) is 0 Å². The van der Waals surface area contributed by atoms with E-state index in [2.05, 4.69) is 5.32 Å². The fourth-order valence-electron chi connectivity index (χ4n) is 1.38. The van der Waals surface area contributed by atoms with E-state index in [-0.39, 0.29) is 17.9 Å². The molecule has 0 amide bonds. The van der Waals surface area contributed by atoms with Crippen LogP contribution in [0.2, 0.25) is 0 Å². The number of Topliss-reactive ketones (excluding diaryl/α,β-unsaturated/α-hetero) is 1. The first-order valence-electron chi connectivity index (χ1n) is 5.52. The Labute approximate surface area is 96.8 Å². The molecule has 1 atom stereocenters. The van der Waals surface area contributed by atoms with E-state index in [4.69, 9.17) is 4.74 Å². The molecule has 0 heterocycles. The van der Waals surface area contributed by atoms with Crippen LogP contribution in [0.1, 0.15) is 31.1 Å². The van der Waals surface area contributed by atoms with Crippen LogP contribution >= 0.6 is 0 Å². The van der Waals surface area contributed by atoms with Crippen LogP contribution < -0.4 is 10.1 Å². The molecule has 0 aliphatic carbocycles. The van der Waals surface area contributed by atoms with Gasteiger partial charge in [-0.05, 0) is 40.0 Å². The first-order chi connectivity index (χ1) is 7.54. The second-order valence-electron chi connectivity index (χ2n) is 4.07. The molecule has 1 rings (SSSR count). The normalized spacial score (nSPS) is 12.6. The summed E-state index contributed by atoms with van der Waals surface area (Å²) in [6.45, 7) is 5.77. The average molecular weight is 221 g/mol. The van der Waals surface area contributed by atoms with E-state index < -0.39 is 0 Å². The minimum absolute atomic E-state index is 0.0803. The standard InChI is InChI=1S/C13H19NO2/c1-9(2)16-12-7-5-6-11(8-12)13(15)10(3)14-4/h5-10,14H,1-4H3. The first kappa shape index (κ1) is 12.7. The smallest absolute Gasteiger partial charge is 0.179 e. The van der Waals surface area contributed by atoms with Crippen LogP contribution in [-0.2, 0) is 0 Å². The number of carbonyl (C=O) groups excluding carboxylic acids is 1. The first-order valence-corrected chi connectivity index (χ1v) is 5.52. The summed E-state index contributed by atoms with van der Waals surface area (Å²) >= 11 is 0. The quantitative estimate of drug-likeness (QED) is 0.775. The Morgan fingerprint density at radius 1 is 1.31 bits per heavy atom. The van der Waals surface area contributed by atoms with Gasteiger partial charge in [0.25, 0.3) is 0 Å². The zero-order valence-electron chi connectivity index (χ0n) is 10.3. The van der Waals surface area contributed by atoms with Gasteiger partial charge in [-0.25, -0.2) is 0 Å². The molecule has 0 fully saturated rings. The number of hydrogen-bond acceptors (Lipinski definition) is 3. The van der Waals surface area contributed by atoms with E-state index in [9.17, 15) is 4.79 Å². The van der Waals surface area contributed by atoms with E-state index in [1.807, 2.05) is 39.0 Å². The number of ether oxygens (including phenoxy) is 1. The minimum atomic E-state index is -0.172. The molecule has 3 nitrogen and oxygen atoms in total. The van der Waals surface area contributed by atoms with Crippen molar-refractivity contribution in [2.75, 3.05) is 7.05 Å². The maximum Gasteiger partial charge on any atom is 0.179 e. The van der Waals surface area contributed by atoms with Crippen LogP contribution in [0.15, 0.2) is 24.3 Å². The van der Waals surface area contributed by atoms with Crippen molar-refractivity contribution >= 4 is 5.78 Å². The van der Waals surface area contributed by atoms with Gasteiger partial charge in [-0.2, -0.15) is 0 Å². The van der Waals surface area contributed by atoms with Gasteiger partial charge in [0.1, 0.15) is 5.75 Å². The zero-order chi connectivity index (χ0) is 12.1. The Morgan fingerprint density at radius 3 is 2.56 bits per heavy atom. The molecule has 0 aliphatic rings. The van der Waals surface area contributed by atoms with Gasteiger partial charge in [-0.15, -0.1) is 0 Å². The molecule has 1 unspecified atom stereocenters. The van der Waals surface area contributed by atoms with Gasteiger partial charge in [-0.1, -0.05) is 12.1 Å². The van der Waals surface area contributed by atoms with Crippen molar-refractivity contribution < 1.29 is 9.53 Å². The van der Waals surface area contributed by atoms with Crippen molar-refractivity contribution in [1.29, 1.82) is 0 Å². The lowest BCUT2D eigenvalue weighted by atomic mass is 10.1. The molecule has 0 radical (unpaired) electrons. The molecule has 1 aromatic rings. The molecule has 1 aromatic carbocycles. The Balaban J connectivity index is 2.85. The maximum atomic E-state index is 11.9. The summed E-state index contributed by atoms with van der Waals surface area (Å²) < 4.78 is 5.55. The van der Waals surface area contributed by atoms with Crippen molar-refractivity contribution in [2.24, 2.45) is 0 Å². The molecular weight excluding hydrogens is 202 g/mol. The fraction of sp³-hybridized carbons (Fsp3) is 0.462. The second-order valence-corrected chi connectivity index (χ2v) is 4.07. The predicted molar refractivity (Wildman–Crippen MR) is 65.1 cm³/mol. The largest absolute Gasteiger partial charge is 0.491 e. The third kappa shape index (κ3) is 3.35. The lowest BCUT2D eigenvalue weighted by molar-refractivity contribution is 0.0954. The number of nitrogens with one attached hydrogen (secondary N) is 1. The number of hydrogen-bond donors (Lipinski definition) is 1. The van der Waals surface area contributed by atoms with Gasteiger partial charge in [0.15, 0.2) is 5.78 Å². The van der Waals surface area contributed by atoms with Gasteiger partial charge in [0.05, 0.1) is 12.1 Å². The molecular formula is C13H19NO2. The fourth-order valence-corrected chi connectivity index (χ4v) is 1.38. The highest BCUT2D eigenvalue weighted by atomic mass is 16.5. The Morgan fingerprint density at radius 2 is 2.00 bits per heavy atom. The van der Waals surface area contributed by atoms with Crippen molar-refractivity contribution in [3.8, 4) is 5.75 Å². The summed E-state index contributed by atoms with van der Waals surface area (Å²) in [5, 5.41) is 2.93. The van der Waals surface area contributed by atoms with Crippen molar-refractivity contribution in [2.45, 2.75) is 32.9 Å². The lowest BCUT2D eigenvalue weighted by Gasteiger charge is -2.12. The monoisotopic (exact) mass is 221 g/mol. The summed E-state index contributed by atoms with van der Waals surface area (Å²) in [6, 6.07) is 7.13. The van der Waals surface area contributed by atoms with Crippen LogP contribution in [0.25, 0.3) is 0 Å². The number of rotatable bonds is 5. The number of likely N-dealkylation sites (N-methyl/N-ethyl adjacent to an activating group) is 1. The van der Waals surface area contributed by atoms with E-state index in [0.29, 0.717) is 5.56 Å². The van der Waals surface area contributed by atoms with Gasteiger partial charge in [-0.3, -0.25) is 4.79 Å². The van der Waals surface area contributed by atoms with E-state index in [1.54, 1.807) is 13.1 Å². The highest BCUT2D eigenvalue weighted by molar-refractivity contribution is 6.00. The molecule has 0 saturated heterocycles. The molecule has 0 bridgehead atoms. The Kier molecular flexibility index (Phi) is 4.50. The summed E-state index contributed by atoms with van der Waals surface area (Å²) in [4.78, 5) is 11.9. The third-order valence-corrected chi connectivity index (χ3v) is 2.32. The Bertz CT molecular complexity index is 361. The van der Waals surface area contributed by atoms with E-state index in [0.717, 1.165) is 5.75 Å². The average Bonchev–Trinajstić information content (AvgIpc) is 2.26. The van der Waals surface area contributed by atoms with Crippen LogP contribution in [-0.4, -0.2) is 25.0 Å². The summed E-state index contributed by atoms with van der Waals surface area (Å²) in [7, 11) is 1.77. The van der Waals surface area contributed by atoms with Crippen LogP contribution in [0, 0.1) is 0 Å². The lowest BCUT2D eigenvalue weighted by Crippen LogP contribution is -2.30. The summed E-state index contributed by atoms with van der Waals surface area (Å²) in [5.41, 5.74) is 0.681. The maximum absolute atomic E-state index is 11.9. The van der Waals surface area contributed by atoms with Gasteiger partial charge < -0.3 is 10.1 Å². The second kappa shape index (κ2) is 5.66. The Hall–Kier alpha value is -1.35. The molecule has 88 valence electrons. The molecule has 0 aromatic heterocycles. The molecule has 0 spiro atoms.